The summed E-state index contributed by atoms with van der Waals surface area (Å²) in [7, 11) is 0. The number of thioether (sulfide) groups is 1. The zero-order valence-corrected chi connectivity index (χ0v) is 17.6. The van der Waals surface area contributed by atoms with Crippen LogP contribution in [0.3, 0.4) is 0 Å². The molecule has 0 aliphatic carbocycles. The lowest BCUT2D eigenvalue weighted by Crippen LogP contribution is -2.27. The van der Waals surface area contributed by atoms with E-state index in [1.54, 1.807) is 31.5 Å². The second-order valence-electron chi connectivity index (χ2n) is 6.81. The molecule has 1 aliphatic heterocycles. The van der Waals surface area contributed by atoms with E-state index in [0.717, 1.165) is 11.8 Å². The Morgan fingerprint density at radius 1 is 1.29 bits per heavy atom. The van der Waals surface area contributed by atoms with Gasteiger partial charge >= 0.3 is 0 Å². The Morgan fingerprint density at radius 2 is 2.00 bits per heavy atom. The Kier molecular flexibility index (Phi) is 6.62. The standard InChI is InChI=1S/C22H18N4O4S/c1-13-20(14(2)27)21(16-4-3-9-24-11-16)18(10-23)22(25-13)31-12-19(28)15-5-7-17(8-6-15)26(29)30/h3-9,11,21,25H,12H2,1-2H3. The van der Waals surface area contributed by atoms with E-state index < -0.39 is 10.8 Å². The van der Waals surface area contributed by atoms with E-state index in [-0.39, 0.29) is 23.0 Å². The fourth-order valence-corrected chi connectivity index (χ4v) is 4.35. The third-order valence-electron chi connectivity index (χ3n) is 4.79. The van der Waals surface area contributed by atoms with E-state index in [1.165, 1.54) is 31.2 Å². The number of benzene rings is 1. The monoisotopic (exact) mass is 434 g/mol. The zero-order valence-electron chi connectivity index (χ0n) is 16.8. The van der Waals surface area contributed by atoms with Crippen molar-refractivity contribution in [3.8, 4) is 6.07 Å². The van der Waals surface area contributed by atoms with Crippen LogP contribution in [0.1, 0.15) is 35.7 Å². The van der Waals surface area contributed by atoms with Crippen LogP contribution in [0, 0.1) is 21.4 Å². The number of nitro benzene ring substituents is 1. The molecular weight excluding hydrogens is 416 g/mol. The third kappa shape index (κ3) is 4.70. The lowest BCUT2D eigenvalue weighted by molar-refractivity contribution is -0.384. The molecule has 1 aromatic heterocycles. The van der Waals surface area contributed by atoms with Gasteiger partial charge in [0.25, 0.3) is 5.69 Å². The average molecular weight is 434 g/mol. The smallest absolute Gasteiger partial charge is 0.269 e. The van der Waals surface area contributed by atoms with Crippen LogP contribution in [0.4, 0.5) is 5.69 Å². The van der Waals surface area contributed by atoms with Gasteiger partial charge in [0.05, 0.1) is 33.3 Å². The van der Waals surface area contributed by atoms with E-state index in [1.807, 2.05) is 0 Å². The van der Waals surface area contributed by atoms with Crippen molar-refractivity contribution in [2.75, 3.05) is 5.75 Å². The number of pyridine rings is 1. The van der Waals surface area contributed by atoms with Crippen molar-refractivity contribution < 1.29 is 14.5 Å². The second kappa shape index (κ2) is 9.36. The van der Waals surface area contributed by atoms with E-state index in [2.05, 4.69) is 16.4 Å². The summed E-state index contributed by atoms with van der Waals surface area (Å²) in [5.74, 6) is -0.941. The van der Waals surface area contributed by atoms with Gasteiger partial charge in [-0.05, 0) is 37.6 Å². The number of allylic oxidation sites excluding steroid dienone is 3. The number of nitro groups is 1. The highest BCUT2D eigenvalue weighted by molar-refractivity contribution is 8.03. The van der Waals surface area contributed by atoms with Crippen molar-refractivity contribution in [1.29, 1.82) is 5.26 Å². The number of ketones is 2. The number of non-ortho nitro benzene ring substituents is 1. The second-order valence-corrected chi connectivity index (χ2v) is 7.80. The van der Waals surface area contributed by atoms with E-state index in [9.17, 15) is 25.0 Å². The molecule has 0 fully saturated rings. The van der Waals surface area contributed by atoms with Crippen LogP contribution in [-0.2, 0) is 4.79 Å². The molecule has 3 rings (SSSR count). The molecule has 0 saturated carbocycles. The van der Waals surface area contributed by atoms with Crippen molar-refractivity contribution in [1.82, 2.24) is 10.3 Å². The summed E-state index contributed by atoms with van der Waals surface area (Å²) in [6, 6.07) is 11.1. The summed E-state index contributed by atoms with van der Waals surface area (Å²) < 4.78 is 0. The highest BCUT2D eigenvalue weighted by Gasteiger charge is 2.33. The van der Waals surface area contributed by atoms with Crippen LogP contribution in [0.25, 0.3) is 0 Å². The maximum absolute atomic E-state index is 12.6. The van der Waals surface area contributed by atoms with Gasteiger partial charge in [0.1, 0.15) is 0 Å². The molecule has 8 nitrogen and oxygen atoms in total. The van der Waals surface area contributed by atoms with Crippen molar-refractivity contribution >= 4 is 29.0 Å². The number of nitrogens with one attached hydrogen (secondary N) is 1. The molecular formula is C22H18N4O4S. The lowest BCUT2D eigenvalue weighted by Gasteiger charge is -2.29. The molecule has 31 heavy (non-hydrogen) atoms. The number of dihydropyridines is 1. The first kappa shape index (κ1) is 21.9. The number of carbonyl (C=O) groups is 2. The van der Waals surface area contributed by atoms with Gasteiger partial charge in [-0.1, -0.05) is 17.8 Å². The Hall–Kier alpha value is -3.77. The van der Waals surface area contributed by atoms with Crippen LogP contribution in [0.15, 0.2) is 70.7 Å². The van der Waals surface area contributed by atoms with Crippen LogP contribution < -0.4 is 5.32 Å². The number of Topliss-reactive ketones (excluding diaryl/α,β-unsaturated/α-hetero) is 2. The maximum atomic E-state index is 12.6. The van der Waals surface area contributed by atoms with Crippen LogP contribution in [0.5, 0.6) is 0 Å². The van der Waals surface area contributed by atoms with Crippen molar-refractivity contribution in [2.24, 2.45) is 0 Å². The number of hydrogen-bond acceptors (Lipinski definition) is 8. The molecule has 2 heterocycles. The highest BCUT2D eigenvalue weighted by Crippen LogP contribution is 2.40. The molecule has 9 heteroatoms. The van der Waals surface area contributed by atoms with Crippen molar-refractivity contribution in [2.45, 2.75) is 19.8 Å². The summed E-state index contributed by atoms with van der Waals surface area (Å²) in [5, 5.41) is 24.2. The van der Waals surface area contributed by atoms with E-state index >= 15 is 0 Å². The van der Waals surface area contributed by atoms with Gasteiger partial charge in [-0.15, -0.1) is 0 Å². The summed E-state index contributed by atoms with van der Waals surface area (Å²) in [4.78, 5) is 39.3. The quantitative estimate of drug-likeness (QED) is 0.395. The molecule has 1 aliphatic rings. The van der Waals surface area contributed by atoms with Gasteiger partial charge in [0.15, 0.2) is 11.6 Å². The minimum atomic E-state index is -0.575. The van der Waals surface area contributed by atoms with Gasteiger partial charge in [-0.2, -0.15) is 5.26 Å². The molecule has 0 amide bonds. The number of aromatic nitrogens is 1. The normalized spacial score (nSPS) is 15.8. The Bertz CT molecular complexity index is 1150. The lowest BCUT2D eigenvalue weighted by atomic mass is 9.81. The minimum absolute atomic E-state index is 0.0216. The first-order chi connectivity index (χ1) is 14.8. The molecule has 1 unspecified atom stereocenters. The van der Waals surface area contributed by atoms with E-state index in [4.69, 9.17) is 0 Å². The summed E-state index contributed by atoms with van der Waals surface area (Å²) in [6.07, 6.45) is 3.23. The number of nitriles is 1. The molecule has 0 bridgehead atoms. The van der Waals surface area contributed by atoms with E-state index in [0.29, 0.717) is 33.0 Å². The van der Waals surface area contributed by atoms with Crippen LogP contribution in [0.2, 0.25) is 0 Å². The molecule has 0 spiro atoms. The molecule has 0 radical (unpaired) electrons. The predicted molar refractivity (Wildman–Crippen MR) is 116 cm³/mol. The third-order valence-corrected chi connectivity index (χ3v) is 5.81. The fourth-order valence-electron chi connectivity index (χ4n) is 3.36. The first-order valence-electron chi connectivity index (χ1n) is 9.26. The number of hydrogen-bond donors (Lipinski definition) is 1. The van der Waals surface area contributed by atoms with Gasteiger partial charge in [-0.3, -0.25) is 24.7 Å². The molecule has 0 saturated heterocycles. The molecule has 156 valence electrons. The average Bonchev–Trinajstić information content (AvgIpc) is 2.77. The maximum Gasteiger partial charge on any atom is 0.269 e. The van der Waals surface area contributed by atoms with Crippen LogP contribution in [-0.4, -0.2) is 27.2 Å². The van der Waals surface area contributed by atoms with Gasteiger partial charge in [0.2, 0.25) is 0 Å². The Labute approximate surface area is 182 Å². The van der Waals surface area contributed by atoms with Crippen molar-refractivity contribution in [3.05, 3.63) is 91.9 Å². The van der Waals surface area contributed by atoms with Crippen LogP contribution >= 0.6 is 11.8 Å². The predicted octanol–water partition coefficient (Wildman–Crippen LogP) is 3.89. The minimum Gasteiger partial charge on any atom is -0.353 e. The highest BCUT2D eigenvalue weighted by atomic mass is 32.2. The summed E-state index contributed by atoms with van der Waals surface area (Å²) >= 11 is 1.16. The SMILES string of the molecule is CC(=O)C1=C(C)NC(SCC(=O)c2ccc([N+](=O)[O-])cc2)=C(C#N)C1c1cccnc1. The number of rotatable bonds is 7. The molecule has 1 aromatic carbocycles. The number of carbonyl (C=O) groups excluding carboxylic acids is 2. The largest absolute Gasteiger partial charge is 0.353 e. The molecule has 2 aromatic rings. The molecule has 1 atom stereocenters. The Balaban J connectivity index is 1.89. The summed E-state index contributed by atoms with van der Waals surface area (Å²) in [5.41, 5.74) is 2.40. The Morgan fingerprint density at radius 3 is 2.55 bits per heavy atom. The van der Waals surface area contributed by atoms with Gasteiger partial charge < -0.3 is 5.32 Å². The topological polar surface area (TPSA) is 126 Å². The number of nitrogens with zero attached hydrogens (tertiary/aromatic N) is 3. The zero-order chi connectivity index (χ0) is 22.5. The molecule has 1 N–H and O–H groups in total. The van der Waals surface area contributed by atoms with Gasteiger partial charge in [-0.25, -0.2) is 0 Å². The fraction of sp³-hybridized carbons (Fsp3) is 0.182. The van der Waals surface area contributed by atoms with Gasteiger partial charge in [0, 0.05) is 41.4 Å². The first-order valence-corrected chi connectivity index (χ1v) is 10.3. The summed E-state index contributed by atoms with van der Waals surface area (Å²) in [6.45, 7) is 3.21. The van der Waals surface area contributed by atoms with Crippen molar-refractivity contribution in [3.63, 3.8) is 0 Å².